The lowest BCUT2D eigenvalue weighted by molar-refractivity contribution is 0.0977. The number of thiocarbonyl (C=S) groups is 1. The van der Waals surface area contributed by atoms with Gasteiger partial charge in [-0.05, 0) is 114 Å². The van der Waals surface area contributed by atoms with E-state index in [1.165, 1.54) is 12.1 Å². The van der Waals surface area contributed by atoms with Gasteiger partial charge in [0, 0.05) is 16.9 Å². The standard InChI is InChI=1S/C25H26BrN3O4S2/c1-4-13-33-23-12-6-18(15-22(23)26)24(30)28-25(34)27-19-8-10-21(11-9-19)35(31,32)29-20-7-5-16(2)17(3)14-20/h5-12,14-15,29H,4,13H2,1-3H3,(H2,27,28,30,34). The molecule has 3 N–H and O–H groups in total. The normalized spacial score (nSPS) is 11.0. The van der Waals surface area contributed by atoms with E-state index in [0.29, 0.717) is 33.8 Å². The molecule has 0 saturated heterocycles. The van der Waals surface area contributed by atoms with Gasteiger partial charge in [0.1, 0.15) is 5.75 Å². The third kappa shape index (κ3) is 7.27. The van der Waals surface area contributed by atoms with Crippen LogP contribution in [-0.4, -0.2) is 26.0 Å². The van der Waals surface area contributed by atoms with Crippen LogP contribution in [0, 0.1) is 13.8 Å². The van der Waals surface area contributed by atoms with E-state index in [2.05, 4.69) is 31.3 Å². The van der Waals surface area contributed by atoms with Crippen molar-refractivity contribution in [3.05, 3.63) is 81.8 Å². The molecule has 0 fully saturated rings. The number of hydrogen-bond acceptors (Lipinski definition) is 5. The summed E-state index contributed by atoms with van der Waals surface area (Å²) >= 11 is 8.64. The van der Waals surface area contributed by atoms with Gasteiger partial charge in [-0.2, -0.15) is 0 Å². The minimum Gasteiger partial charge on any atom is -0.492 e. The topological polar surface area (TPSA) is 96.5 Å². The molecule has 0 saturated carbocycles. The van der Waals surface area contributed by atoms with E-state index in [9.17, 15) is 13.2 Å². The van der Waals surface area contributed by atoms with E-state index in [0.717, 1.165) is 17.5 Å². The van der Waals surface area contributed by atoms with Crippen LogP contribution in [0.25, 0.3) is 0 Å². The van der Waals surface area contributed by atoms with Gasteiger partial charge in [-0.1, -0.05) is 13.0 Å². The van der Waals surface area contributed by atoms with Gasteiger partial charge in [-0.25, -0.2) is 8.42 Å². The molecule has 3 aromatic rings. The lowest BCUT2D eigenvalue weighted by Gasteiger charge is -2.12. The number of ether oxygens (including phenoxy) is 1. The number of carbonyl (C=O) groups excluding carboxylic acids is 1. The summed E-state index contributed by atoms with van der Waals surface area (Å²) in [4.78, 5) is 12.6. The fourth-order valence-corrected chi connectivity index (χ4v) is 4.80. The molecule has 35 heavy (non-hydrogen) atoms. The Labute approximate surface area is 219 Å². The second-order valence-electron chi connectivity index (χ2n) is 7.83. The van der Waals surface area contributed by atoms with E-state index >= 15 is 0 Å². The van der Waals surface area contributed by atoms with Gasteiger partial charge in [-0.15, -0.1) is 0 Å². The first-order valence-corrected chi connectivity index (χ1v) is 13.5. The molecule has 0 aliphatic rings. The molecule has 0 unspecified atom stereocenters. The van der Waals surface area contributed by atoms with Crippen molar-refractivity contribution in [3.63, 3.8) is 0 Å². The third-order valence-electron chi connectivity index (χ3n) is 5.06. The first-order chi connectivity index (χ1) is 16.6. The van der Waals surface area contributed by atoms with Crippen LogP contribution in [0.1, 0.15) is 34.8 Å². The first-order valence-electron chi connectivity index (χ1n) is 10.8. The van der Waals surface area contributed by atoms with E-state index in [4.69, 9.17) is 17.0 Å². The van der Waals surface area contributed by atoms with Crippen molar-refractivity contribution in [3.8, 4) is 5.75 Å². The number of rotatable bonds is 8. The molecular formula is C25H26BrN3O4S2. The summed E-state index contributed by atoms with van der Waals surface area (Å²) in [5, 5.41) is 5.58. The van der Waals surface area contributed by atoms with Gasteiger partial charge in [0.2, 0.25) is 0 Å². The van der Waals surface area contributed by atoms with Crippen LogP contribution in [0.5, 0.6) is 5.75 Å². The second-order valence-corrected chi connectivity index (χ2v) is 10.8. The molecule has 3 rings (SSSR count). The zero-order valence-corrected chi connectivity index (χ0v) is 22.7. The third-order valence-corrected chi connectivity index (χ3v) is 7.29. The molecule has 7 nitrogen and oxygen atoms in total. The van der Waals surface area contributed by atoms with Crippen molar-refractivity contribution in [2.45, 2.75) is 32.1 Å². The monoisotopic (exact) mass is 575 g/mol. The second kappa shape index (κ2) is 11.7. The number of carbonyl (C=O) groups is 1. The van der Waals surface area contributed by atoms with Crippen molar-refractivity contribution >= 4 is 60.6 Å². The van der Waals surface area contributed by atoms with Crippen LogP contribution in [0.4, 0.5) is 11.4 Å². The molecular weight excluding hydrogens is 550 g/mol. The van der Waals surface area contributed by atoms with Crippen LogP contribution in [0.3, 0.4) is 0 Å². The van der Waals surface area contributed by atoms with Crippen molar-refractivity contribution in [2.75, 3.05) is 16.6 Å². The highest BCUT2D eigenvalue weighted by Gasteiger charge is 2.15. The number of amides is 1. The molecule has 1 amide bonds. The maximum absolute atomic E-state index is 12.7. The zero-order valence-electron chi connectivity index (χ0n) is 19.5. The molecule has 10 heteroatoms. The van der Waals surface area contributed by atoms with Crippen molar-refractivity contribution in [1.29, 1.82) is 0 Å². The number of nitrogens with one attached hydrogen (secondary N) is 3. The number of sulfonamides is 1. The predicted molar refractivity (Wildman–Crippen MR) is 147 cm³/mol. The van der Waals surface area contributed by atoms with Crippen LogP contribution in [-0.2, 0) is 10.0 Å². The Kier molecular flexibility index (Phi) is 8.87. The Morgan fingerprint density at radius 3 is 2.29 bits per heavy atom. The van der Waals surface area contributed by atoms with Crippen LogP contribution in [0.15, 0.2) is 70.0 Å². The highest BCUT2D eigenvalue weighted by molar-refractivity contribution is 9.10. The number of halogens is 1. The van der Waals surface area contributed by atoms with E-state index in [-0.39, 0.29) is 15.9 Å². The summed E-state index contributed by atoms with van der Waals surface area (Å²) in [5.74, 6) is 0.271. The van der Waals surface area contributed by atoms with Crippen molar-refractivity contribution in [1.82, 2.24) is 5.32 Å². The summed E-state index contributed by atoms with van der Waals surface area (Å²) < 4.78 is 34.3. The fraction of sp³-hybridized carbons (Fsp3) is 0.200. The van der Waals surface area contributed by atoms with E-state index < -0.39 is 10.0 Å². The molecule has 184 valence electrons. The summed E-state index contributed by atoms with van der Waals surface area (Å²) in [7, 11) is -3.75. The SMILES string of the molecule is CCCOc1ccc(C(=O)NC(=S)Nc2ccc(S(=O)(=O)Nc3ccc(C)c(C)c3)cc2)cc1Br. The molecule has 0 aliphatic heterocycles. The number of aryl methyl sites for hydroxylation is 2. The maximum atomic E-state index is 12.7. The van der Waals surface area contributed by atoms with Crippen molar-refractivity contribution < 1.29 is 17.9 Å². The Balaban J connectivity index is 1.60. The lowest BCUT2D eigenvalue weighted by atomic mass is 10.1. The minimum absolute atomic E-state index is 0.0845. The smallest absolute Gasteiger partial charge is 0.261 e. The van der Waals surface area contributed by atoms with Gasteiger partial charge >= 0.3 is 0 Å². The molecule has 0 heterocycles. The fourth-order valence-electron chi connectivity index (χ4n) is 3.05. The average Bonchev–Trinajstić information content (AvgIpc) is 2.80. The number of benzene rings is 3. The Hall–Kier alpha value is -2.95. The van der Waals surface area contributed by atoms with Crippen LogP contribution in [0.2, 0.25) is 0 Å². The highest BCUT2D eigenvalue weighted by Crippen LogP contribution is 2.26. The zero-order chi connectivity index (χ0) is 25.6. The maximum Gasteiger partial charge on any atom is 0.261 e. The van der Waals surface area contributed by atoms with Gasteiger partial charge in [0.25, 0.3) is 15.9 Å². The molecule has 3 aromatic carbocycles. The largest absolute Gasteiger partial charge is 0.492 e. The van der Waals surface area contributed by atoms with Crippen LogP contribution < -0.4 is 20.1 Å². The summed E-state index contributed by atoms with van der Waals surface area (Å²) in [6.45, 7) is 6.48. The molecule has 0 aromatic heterocycles. The summed E-state index contributed by atoms with van der Waals surface area (Å²) in [5.41, 5.74) is 3.51. The number of hydrogen-bond donors (Lipinski definition) is 3. The van der Waals surface area contributed by atoms with E-state index in [1.54, 1.807) is 42.5 Å². The van der Waals surface area contributed by atoms with Gasteiger partial charge in [-0.3, -0.25) is 14.8 Å². The predicted octanol–water partition coefficient (Wildman–Crippen LogP) is 5.78. The lowest BCUT2D eigenvalue weighted by Crippen LogP contribution is -2.34. The van der Waals surface area contributed by atoms with E-state index in [1.807, 2.05) is 26.8 Å². The van der Waals surface area contributed by atoms with Crippen LogP contribution >= 0.6 is 28.1 Å². The molecule has 0 bridgehead atoms. The van der Waals surface area contributed by atoms with Crippen molar-refractivity contribution in [2.24, 2.45) is 0 Å². The number of anilines is 2. The summed E-state index contributed by atoms with van der Waals surface area (Å²) in [6, 6.07) is 16.5. The Morgan fingerprint density at radius 2 is 1.66 bits per heavy atom. The molecule has 0 atom stereocenters. The first kappa shape index (κ1) is 26.7. The average molecular weight is 577 g/mol. The molecule has 0 spiro atoms. The minimum atomic E-state index is -3.75. The Morgan fingerprint density at radius 1 is 0.971 bits per heavy atom. The van der Waals surface area contributed by atoms with Gasteiger partial charge in [0.15, 0.2) is 5.11 Å². The Bertz CT molecular complexity index is 1340. The summed E-state index contributed by atoms with van der Waals surface area (Å²) in [6.07, 6.45) is 0.879. The van der Waals surface area contributed by atoms with Gasteiger partial charge in [0.05, 0.1) is 16.0 Å². The highest BCUT2D eigenvalue weighted by atomic mass is 79.9. The molecule has 0 radical (unpaired) electrons. The quantitative estimate of drug-likeness (QED) is 0.294. The van der Waals surface area contributed by atoms with Gasteiger partial charge < -0.3 is 10.1 Å². The molecule has 0 aliphatic carbocycles.